The first-order valence-corrected chi connectivity index (χ1v) is 9.69. The largest absolute Gasteiger partial charge is 0.481 e. The lowest BCUT2D eigenvalue weighted by Gasteiger charge is -2.41. The van der Waals surface area contributed by atoms with Gasteiger partial charge in [0, 0.05) is 58.4 Å². The minimum absolute atomic E-state index is 0.126. The van der Waals surface area contributed by atoms with Crippen LogP contribution in [0.3, 0.4) is 0 Å². The fourth-order valence-corrected chi connectivity index (χ4v) is 4.07. The topological polar surface area (TPSA) is 84.3 Å². The first-order chi connectivity index (χ1) is 13.3. The molecule has 1 aromatic rings. The van der Waals surface area contributed by atoms with Gasteiger partial charge in [-0.3, -0.25) is 14.5 Å². The van der Waals surface area contributed by atoms with Gasteiger partial charge in [-0.1, -0.05) is 0 Å². The van der Waals surface area contributed by atoms with Gasteiger partial charge in [0.15, 0.2) is 0 Å². The summed E-state index contributed by atoms with van der Waals surface area (Å²) in [4.78, 5) is 28.9. The normalized spacial score (nSPS) is 23.3. The number of halogens is 1. The number of carboxylic acids is 1. The van der Waals surface area contributed by atoms with E-state index >= 15 is 0 Å². The minimum Gasteiger partial charge on any atom is -0.481 e. The van der Waals surface area contributed by atoms with Crippen LogP contribution in [0.15, 0.2) is 24.3 Å². The van der Waals surface area contributed by atoms with E-state index in [0.717, 1.165) is 5.69 Å². The standard InChI is InChI=1S/C20H28FN3O4/c1-15(25)24-11-10-22(12-16(13-24)19(26)27)14-20(28)6-8-23(9-7-20)18-4-2-17(21)3-5-18/h2-5,16,28H,6-14H2,1H3,(H,26,27)/t16-/m0/s1. The zero-order chi connectivity index (χ0) is 20.3. The van der Waals surface area contributed by atoms with Crippen molar-refractivity contribution in [1.29, 1.82) is 0 Å². The smallest absolute Gasteiger partial charge is 0.309 e. The van der Waals surface area contributed by atoms with Gasteiger partial charge in [-0.2, -0.15) is 0 Å². The predicted octanol–water partition coefficient (Wildman–Crippen LogP) is 1.02. The predicted molar refractivity (Wildman–Crippen MR) is 103 cm³/mol. The Hall–Kier alpha value is -2.19. The number of piperidine rings is 1. The third-order valence-electron chi connectivity index (χ3n) is 5.80. The quantitative estimate of drug-likeness (QED) is 0.795. The van der Waals surface area contributed by atoms with Crippen LogP contribution in [-0.4, -0.2) is 83.3 Å². The number of rotatable bonds is 4. The molecule has 2 fully saturated rings. The number of carbonyl (C=O) groups is 2. The maximum atomic E-state index is 13.1. The number of hydrogen-bond acceptors (Lipinski definition) is 5. The zero-order valence-corrected chi connectivity index (χ0v) is 16.2. The highest BCUT2D eigenvalue weighted by atomic mass is 19.1. The van der Waals surface area contributed by atoms with Crippen molar-refractivity contribution in [3.8, 4) is 0 Å². The lowest BCUT2D eigenvalue weighted by Crippen LogP contribution is -2.52. The molecule has 2 heterocycles. The lowest BCUT2D eigenvalue weighted by atomic mass is 9.90. The van der Waals surface area contributed by atoms with E-state index in [4.69, 9.17) is 0 Å². The molecule has 2 aliphatic rings. The number of aliphatic hydroxyl groups is 1. The molecule has 2 N–H and O–H groups in total. The fourth-order valence-electron chi connectivity index (χ4n) is 4.07. The van der Waals surface area contributed by atoms with E-state index in [0.29, 0.717) is 52.1 Å². The Balaban J connectivity index is 1.60. The highest BCUT2D eigenvalue weighted by molar-refractivity contribution is 5.75. The number of nitrogens with zero attached hydrogens (tertiary/aromatic N) is 3. The Morgan fingerprint density at radius 3 is 2.32 bits per heavy atom. The van der Waals surface area contributed by atoms with Crippen LogP contribution in [0.1, 0.15) is 19.8 Å². The molecular weight excluding hydrogens is 365 g/mol. The molecular formula is C20H28FN3O4. The maximum Gasteiger partial charge on any atom is 0.309 e. The number of amides is 1. The lowest BCUT2D eigenvalue weighted by molar-refractivity contribution is -0.143. The maximum absolute atomic E-state index is 13.1. The molecule has 0 aromatic heterocycles. The monoisotopic (exact) mass is 393 g/mol. The Labute approximate surface area is 164 Å². The number of carboxylic acid groups (broad SMARTS) is 1. The zero-order valence-electron chi connectivity index (χ0n) is 16.2. The Kier molecular flexibility index (Phi) is 6.20. The molecule has 0 bridgehead atoms. The highest BCUT2D eigenvalue weighted by Crippen LogP contribution is 2.28. The summed E-state index contributed by atoms with van der Waals surface area (Å²) in [6.07, 6.45) is 1.10. The Morgan fingerprint density at radius 2 is 1.75 bits per heavy atom. The van der Waals surface area contributed by atoms with Crippen LogP contribution in [0.4, 0.5) is 10.1 Å². The number of carbonyl (C=O) groups excluding carboxylic acids is 1. The van der Waals surface area contributed by atoms with E-state index in [2.05, 4.69) is 4.90 Å². The van der Waals surface area contributed by atoms with Crippen molar-refractivity contribution in [1.82, 2.24) is 9.80 Å². The molecule has 0 spiro atoms. The van der Waals surface area contributed by atoms with Gasteiger partial charge >= 0.3 is 5.97 Å². The summed E-state index contributed by atoms with van der Waals surface area (Å²) in [5.41, 5.74) is 0.0339. The second-order valence-corrected chi connectivity index (χ2v) is 7.92. The van der Waals surface area contributed by atoms with Crippen molar-refractivity contribution < 1.29 is 24.2 Å². The van der Waals surface area contributed by atoms with Gasteiger partial charge in [-0.25, -0.2) is 4.39 Å². The molecule has 0 unspecified atom stereocenters. The van der Waals surface area contributed by atoms with Crippen molar-refractivity contribution in [2.75, 3.05) is 50.7 Å². The summed E-state index contributed by atoms with van der Waals surface area (Å²) in [5, 5.41) is 20.5. The van der Waals surface area contributed by atoms with Crippen LogP contribution >= 0.6 is 0 Å². The minimum atomic E-state index is -0.920. The average molecular weight is 393 g/mol. The summed E-state index contributed by atoms with van der Waals surface area (Å²) in [5.74, 6) is -1.98. The second-order valence-electron chi connectivity index (χ2n) is 7.92. The highest BCUT2D eigenvalue weighted by Gasteiger charge is 2.37. The molecule has 0 radical (unpaired) electrons. The van der Waals surface area contributed by atoms with Gasteiger partial charge in [0.1, 0.15) is 5.82 Å². The number of benzene rings is 1. The SMILES string of the molecule is CC(=O)N1CCN(CC2(O)CCN(c3ccc(F)cc3)CC2)C[C@H](C(=O)O)C1. The van der Waals surface area contributed by atoms with Crippen molar-refractivity contribution in [3.05, 3.63) is 30.1 Å². The van der Waals surface area contributed by atoms with Gasteiger partial charge in [0.05, 0.1) is 11.5 Å². The summed E-state index contributed by atoms with van der Waals surface area (Å²) in [7, 11) is 0. The molecule has 28 heavy (non-hydrogen) atoms. The first kappa shape index (κ1) is 20.5. The van der Waals surface area contributed by atoms with E-state index in [-0.39, 0.29) is 18.3 Å². The number of aliphatic carboxylic acids is 1. The second kappa shape index (κ2) is 8.45. The van der Waals surface area contributed by atoms with Crippen LogP contribution in [0.2, 0.25) is 0 Å². The third kappa shape index (κ3) is 4.99. The summed E-state index contributed by atoms with van der Waals surface area (Å²) >= 11 is 0. The number of hydrogen-bond donors (Lipinski definition) is 2. The summed E-state index contributed by atoms with van der Waals surface area (Å²) in [6.45, 7) is 4.69. The van der Waals surface area contributed by atoms with Gasteiger partial charge in [-0.15, -0.1) is 0 Å². The van der Waals surface area contributed by atoms with Gasteiger partial charge in [0.25, 0.3) is 0 Å². The van der Waals surface area contributed by atoms with Crippen LogP contribution < -0.4 is 4.90 Å². The molecule has 8 heteroatoms. The van der Waals surface area contributed by atoms with Crippen molar-refractivity contribution in [3.63, 3.8) is 0 Å². The molecule has 0 aliphatic carbocycles. The number of anilines is 1. The fraction of sp³-hybridized carbons (Fsp3) is 0.600. The molecule has 154 valence electrons. The van der Waals surface area contributed by atoms with Crippen LogP contribution in [0.5, 0.6) is 0 Å². The van der Waals surface area contributed by atoms with Gasteiger partial charge in [-0.05, 0) is 37.1 Å². The molecule has 1 atom stereocenters. The third-order valence-corrected chi connectivity index (χ3v) is 5.80. The van der Waals surface area contributed by atoms with E-state index in [1.807, 2.05) is 4.90 Å². The molecule has 1 amide bonds. The molecule has 0 saturated carbocycles. The summed E-state index contributed by atoms with van der Waals surface area (Å²) in [6, 6.07) is 6.34. The van der Waals surface area contributed by atoms with Crippen LogP contribution in [0.25, 0.3) is 0 Å². The molecule has 2 saturated heterocycles. The van der Waals surface area contributed by atoms with Crippen molar-refractivity contribution in [2.24, 2.45) is 5.92 Å². The van der Waals surface area contributed by atoms with Gasteiger partial charge in [0.2, 0.25) is 5.91 Å². The van der Waals surface area contributed by atoms with E-state index < -0.39 is 17.5 Å². The molecule has 3 rings (SSSR count). The van der Waals surface area contributed by atoms with Crippen molar-refractivity contribution >= 4 is 17.6 Å². The summed E-state index contributed by atoms with van der Waals surface area (Å²) < 4.78 is 13.1. The van der Waals surface area contributed by atoms with Gasteiger partial charge < -0.3 is 20.0 Å². The molecule has 7 nitrogen and oxygen atoms in total. The van der Waals surface area contributed by atoms with E-state index in [1.165, 1.54) is 19.1 Å². The van der Waals surface area contributed by atoms with E-state index in [1.54, 1.807) is 17.0 Å². The molecule has 1 aromatic carbocycles. The van der Waals surface area contributed by atoms with Crippen LogP contribution in [0, 0.1) is 11.7 Å². The van der Waals surface area contributed by atoms with E-state index in [9.17, 15) is 24.2 Å². The molecule has 2 aliphatic heterocycles. The number of β-amino-alcohol motifs (C(OH)–C–C–N with tert-alkyl or cyclic N) is 1. The Bertz CT molecular complexity index is 704. The first-order valence-electron chi connectivity index (χ1n) is 9.69. The van der Waals surface area contributed by atoms with Crippen molar-refractivity contribution in [2.45, 2.75) is 25.4 Å². The average Bonchev–Trinajstić information content (AvgIpc) is 2.86. The van der Waals surface area contributed by atoms with Crippen LogP contribution in [-0.2, 0) is 9.59 Å². The Morgan fingerprint density at radius 1 is 1.11 bits per heavy atom.